The van der Waals surface area contributed by atoms with E-state index >= 15 is 0 Å². The molecule has 1 atom stereocenters. The molecule has 0 fully saturated rings. The lowest BCUT2D eigenvalue weighted by molar-refractivity contribution is 0.0564. The molecule has 5 nitrogen and oxygen atoms in total. The van der Waals surface area contributed by atoms with Gasteiger partial charge in [0.25, 0.3) is 0 Å². The second kappa shape index (κ2) is 9.51. The molecule has 0 aromatic heterocycles. The Labute approximate surface area is 173 Å². The van der Waals surface area contributed by atoms with Crippen molar-refractivity contribution < 1.29 is 18.9 Å². The summed E-state index contributed by atoms with van der Waals surface area (Å²) in [5.74, 6) is 2.72. The Kier molecular flexibility index (Phi) is 6.57. The molecule has 0 amide bonds. The number of ether oxygens (including phenoxy) is 4. The number of methoxy groups -OCH3 is 1. The summed E-state index contributed by atoms with van der Waals surface area (Å²) in [5, 5.41) is 0. The zero-order valence-electron chi connectivity index (χ0n) is 17.5. The fraction of sp³-hybridized carbons (Fsp3) is 0.500. The van der Waals surface area contributed by atoms with Crippen molar-refractivity contribution in [1.29, 1.82) is 0 Å². The van der Waals surface area contributed by atoms with E-state index < -0.39 is 0 Å². The minimum absolute atomic E-state index is 0.206. The Hall–Kier alpha value is -2.24. The molecule has 29 heavy (non-hydrogen) atoms. The van der Waals surface area contributed by atoms with Gasteiger partial charge in [0.1, 0.15) is 19.0 Å². The molecule has 2 aliphatic rings. The van der Waals surface area contributed by atoms with Gasteiger partial charge in [0.15, 0.2) is 11.5 Å². The molecule has 156 valence electrons. The van der Waals surface area contributed by atoms with E-state index in [0.29, 0.717) is 26.6 Å². The van der Waals surface area contributed by atoms with E-state index in [1.54, 1.807) is 7.11 Å². The Morgan fingerprint density at radius 2 is 1.76 bits per heavy atom. The molecule has 4 rings (SSSR count). The summed E-state index contributed by atoms with van der Waals surface area (Å²) in [6, 6.07) is 12.8. The van der Waals surface area contributed by atoms with Gasteiger partial charge in [-0.25, -0.2) is 0 Å². The van der Waals surface area contributed by atoms with E-state index in [2.05, 4.69) is 42.2 Å². The summed E-state index contributed by atoms with van der Waals surface area (Å²) in [6.07, 6.45) is 3.67. The summed E-state index contributed by atoms with van der Waals surface area (Å²) < 4.78 is 23.0. The van der Waals surface area contributed by atoms with E-state index in [4.69, 9.17) is 18.9 Å². The number of unbranched alkanes of at least 4 members (excludes halogenated alkanes) is 2. The van der Waals surface area contributed by atoms with Gasteiger partial charge in [-0.3, -0.25) is 4.90 Å². The summed E-state index contributed by atoms with van der Waals surface area (Å²) in [4.78, 5) is 2.38. The molecule has 1 unspecified atom stereocenters. The average Bonchev–Trinajstić information content (AvgIpc) is 3.15. The van der Waals surface area contributed by atoms with Crippen LogP contribution in [-0.2, 0) is 11.3 Å². The second-order valence-corrected chi connectivity index (χ2v) is 7.77. The summed E-state index contributed by atoms with van der Waals surface area (Å²) in [6.45, 7) is 6.64. The van der Waals surface area contributed by atoms with Crippen LogP contribution in [0.25, 0.3) is 0 Å². The molecule has 2 heterocycles. The largest absolute Gasteiger partial charge is 0.492 e. The standard InChI is InChI=1S/C24H31NO4/c1-3-4-7-10-25(17-26-2)15-18-8-5-6-9-19(18)21-16-29-22-14-24-23(13-20(21)22)27-11-12-28-24/h5-6,8-9,13-14,21H,3-4,7,10-12,15-17H2,1-2H3. The summed E-state index contributed by atoms with van der Waals surface area (Å²) >= 11 is 0. The molecule has 0 spiro atoms. The SMILES string of the molecule is CCCCCN(COC)Cc1ccccc1C1COc2cc3c(cc21)OCCO3. The van der Waals surface area contributed by atoms with Gasteiger partial charge in [0.2, 0.25) is 0 Å². The number of hydrogen-bond donors (Lipinski definition) is 0. The lowest BCUT2D eigenvalue weighted by atomic mass is 9.89. The Morgan fingerprint density at radius 1 is 0.966 bits per heavy atom. The number of rotatable bonds is 9. The molecule has 2 aromatic carbocycles. The van der Waals surface area contributed by atoms with E-state index in [9.17, 15) is 0 Å². The molecule has 2 aliphatic heterocycles. The Balaban J connectivity index is 1.58. The molecule has 2 aromatic rings. The maximum atomic E-state index is 6.04. The van der Waals surface area contributed by atoms with Gasteiger partial charge in [-0.15, -0.1) is 0 Å². The first-order chi connectivity index (χ1) is 14.3. The molecule has 0 bridgehead atoms. The zero-order chi connectivity index (χ0) is 20.1. The zero-order valence-corrected chi connectivity index (χ0v) is 17.5. The van der Waals surface area contributed by atoms with Crippen LogP contribution >= 0.6 is 0 Å². The maximum Gasteiger partial charge on any atom is 0.165 e. The van der Waals surface area contributed by atoms with Gasteiger partial charge in [0.05, 0.1) is 13.3 Å². The Bertz CT molecular complexity index is 823. The van der Waals surface area contributed by atoms with Crippen molar-refractivity contribution in [3.63, 3.8) is 0 Å². The third-order valence-corrected chi connectivity index (χ3v) is 5.67. The highest BCUT2D eigenvalue weighted by molar-refractivity contribution is 5.57. The first-order valence-electron chi connectivity index (χ1n) is 10.7. The van der Waals surface area contributed by atoms with E-state index in [1.165, 1.54) is 36.0 Å². The number of nitrogens with zero attached hydrogens (tertiary/aromatic N) is 1. The van der Waals surface area contributed by atoms with Crippen molar-refractivity contribution in [3.05, 3.63) is 53.1 Å². The Morgan fingerprint density at radius 3 is 2.55 bits per heavy atom. The van der Waals surface area contributed by atoms with Crippen molar-refractivity contribution in [2.24, 2.45) is 0 Å². The first kappa shape index (κ1) is 20.0. The highest BCUT2D eigenvalue weighted by atomic mass is 16.6. The second-order valence-electron chi connectivity index (χ2n) is 7.77. The van der Waals surface area contributed by atoms with Gasteiger partial charge in [-0.05, 0) is 23.6 Å². The molecule has 0 saturated carbocycles. The highest BCUT2D eigenvalue weighted by Gasteiger charge is 2.30. The van der Waals surface area contributed by atoms with Crippen molar-refractivity contribution in [1.82, 2.24) is 4.90 Å². The quantitative estimate of drug-likeness (QED) is 0.458. The highest BCUT2D eigenvalue weighted by Crippen LogP contribution is 2.46. The molecular weight excluding hydrogens is 366 g/mol. The van der Waals surface area contributed by atoms with Crippen LogP contribution in [0.3, 0.4) is 0 Å². The van der Waals surface area contributed by atoms with Crippen molar-refractivity contribution in [3.8, 4) is 17.2 Å². The van der Waals surface area contributed by atoms with Crippen LogP contribution < -0.4 is 14.2 Å². The van der Waals surface area contributed by atoms with Gasteiger partial charge >= 0.3 is 0 Å². The predicted molar refractivity (Wildman–Crippen MR) is 113 cm³/mol. The topological polar surface area (TPSA) is 40.2 Å². The molecular formula is C24H31NO4. The summed E-state index contributed by atoms with van der Waals surface area (Å²) in [7, 11) is 1.77. The van der Waals surface area contributed by atoms with E-state index in [1.807, 2.05) is 6.07 Å². The van der Waals surface area contributed by atoms with E-state index in [0.717, 1.165) is 30.3 Å². The third kappa shape index (κ3) is 4.51. The molecule has 5 heteroatoms. The van der Waals surface area contributed by atoms with Crippen LogP contribution in [0.4, 0.5) is 0 Å². The number of fused-ring (bicyclic) bond motifs is 2. The molecule has 0 N–H and O–H groups in total. The molecule has 0 saturated heterocycles. The van der Waals surface area contributed by atoms with Crippen LogP contribution in [0, 0.1) is 0 Å². The molecule has 0 radical (unpaired) electrons. The predicted octanol–water partition coefficient (Wildman–Crippen LogP) is 4.58. The normalized spacial score (nSPS) is 17.3. The fourth-order valence-corrected chi connectivity index (χ4v) is 4.22. The van der Waals surface area contributed by atoms with Crippen LogP contribution in [0.1, 0.15) is 48.8 Å². The lowest BCUT2D eigenvalue weighted by Gasteiger charge is -2.24. The van der Waals surface area contributed by atoms with Crippen molar-refractivity contribution in [2.45, 2.75) is 38.6 Å². The first-order valence-corrected chi connectivity index (χ1v) is 10.7. The fourth-order valence-electron chi connectivity index (χ4n) is 4.22. The number of hydrogen-bond acceptors (Lipinski definition) is 5. The lowest BCUT2D eigenvalue weighted by Crippen LogP contribution is -2.27. The van der Waals surface area contributed by atoms with Crippen LogP contribution in [-0.4, -0.2) is 45.1 Å². The minimum atomic E-state index is 0.206. The minimum Gasteiger partial charge on any atom is -0.492 e. The van der Waals surface area contributed by atoms with E-state index in [-0.39, 0.29) is 5.92 Å². The maximum absolute atomic E-state index is 6.04. The summed E-state index contributed by atoms with van der Waals surface area (Å²) in [5.41, 5.74) is 3.84. The van der Waals surface area contributed by atoms with Crippen LogP contribution in [0.5, 0.6) is 17.2 Å². The smallest absolute Gasteiger partial charge is 0.165 e. The monoisotopic (exact) mass is 397 g/mol. The van der Waals surface area contributed by atoms with Gasteiger partial charge in [-0.1, -0.05) is 44.0 Å². The van der Waals surface area contributed by atoms with Crippen molar-refractivity contribution >= 4 is 0 Å². The third-order valence-electron chi connectivity index (χ3n) is 5.67. The van der Waals surface area contributed by atoms with Gasteiger partial charge in [-0.2, -0.15) is 0 Å². The van der Waals surface area contributed by atoms with Crippen LogP contribution in [0.2, 0.25) is 0 Å². The van der Waals surface area contributed by atoms with Crippen LogP contribution in [0.15, 0.2) is 36.4 Å². The average molecular weight is 398 g/mol. The van der Waals surface area contributed by atoms with Gasteiger partial charge < -0.3 is 18.9 Å². The molecule has 0 aliphatic carbocycles. The number of benzene rings is 2. The van der Waals surface area contributed by atoms with Crippen molar-refractivity contribution in [2.75, 3.05) is 40.2 Å². The van der Waals surface area contributed by atoms with Gasteiger partial charge in [0, 0.05) is 37.7 Å².